The molecule has 0 aliphatic carbocycles. The summed E-state index contributed by atoms with van der Waals surface area (Å²) in [6, 6.07) is 14.8. The lowest BCUT2D eigenvalue weighted by molar-refractivity contribution is 0.102. The molecule has 0 spiro atoms. The summed E-state index contributed by atoms with van der Waals surface area (Å²) in [4.78, 5) is 12.3. The van der Waals surface area contributed by atoms with Crippen molar-refractivity contribution in [2.75, 3.05) is 10.6 Å². The van der Waals surface area contributed by atoms with Crippen LogP contribution in [0.15, 0.2) is 48.5 Å². The van der Waals surface area contributed by atoms with Crippen LogP contribution in [0.5, 0.6) is 0 Å². The first kappa shape index (κ1) is 15.0. The monoisotopic (exact) mass is 299 g/mol. The summed E-state index contributed by atoms with van der Waals surface area (Å²) < 4.78 is 0. The molecule has 4 N–H and O–H groups in total. The molecule has 0 aliphatic rings. The molecule has 0 atom stereocenters. The van der Waals surface area contributed by atoms with Crippen LogP contribution in [0.4, 0.5) is 11.4 Å². The van der Waals surface area contributed by atoms with Gasteiger partial charge in [0.05, 0.1) is 11.3 Å². The summed E-state index contributed by atoms with van der Waals surface area (Å²) in [6.45, 7) is 2.09. The number of para-hydroxylation sites is 1. The molecule has 0 aliphatic heterocycles. The quantitative estimate of drug-likeness (QED) is 0.759. The van der Waals surface area contributed by atoms with Crippen LogP contribution in [0.25, 0.3) is 0 Å². The molecule has 4 nitrogen and oxygen atoms in total. The van der Waals surface area contributed by atoms with Crippen molar-refractivity contribution in [3.05, 3.63) is 59.7 Å². The summed E-state index contributed by atoms with van der Waals surface area (Å²) in [5, 5.41) is 5.79. The number of hydrogen-bond acceptors (Lipinski definition) is 2. The van der Waals surface area contributed by atoms with Crippen molar-refractivity contribution in [1.82, 2.24) is 0 Å². The lowest BCUT2D eigenvalue weighted by atomic mass is 10.1. The molecule has 2 aromatic rings. The third-order valence-corrected chi connectivity index (χ3v) is 3.15. The van der Waals surface area contributed by atoms with Crippen LogP contribution in [0.1, 0.15) is 22.8 Å². The first-order chi connectivity index (χ1) is 10.1. The van der Waals surface area contributed by atoms with Gasteiger partial charge >= 0.3 is 0 Å². The Bertz CT molecular complexity index is 653. The SMILES string of the molecule is CCc1ccc(NC(=O)c2ccccc2NC(N)=S)cc1. The Labute approximate surface area is 129 Å². The van der Waals surface area contributed by atoms with Crippen LogP contribution in [0.3, 0.4) is 0 Å². The van der Waals surface area contributed by atoms with Gasteiger partial charge in [-0.3, -0.25) is 4.79 Å². The maximum atomic E-state index is 12.3. The van der Waals surface area contributed by atoms with Gasteiger partial charge in [-0.25, -0.2) is 0 Å². The highest BCUT2D eigenvalue weighted by Gasteiger charge is 2.11. The number of benzene rings is 2. The zero-order valence-electron chi connectivity index (χ0n) is 11.7. The Hall–Kier alpha value is -2.40. The van der Waals surface area contributed by atoms with Gasteiger partial charge in [-0.05, 0) is 48.5 Å². The van der Waals surface area contributed by atoms with Crippen molar-refractivity contribution in [1.29, 1.82) is 0 Å². The smallest absolute Gasteiger partial charge is 0.257 e. The molecule has 0 radical (unpaired) electrons. The zero-order valence-corrected chi connectivity index (χ0v) is 12.5. The van der Waals surface area contributed by atoms with E-state index in [4.69, 9.17) is 18.0 Å². The Morgan fingerprint density at radius 2 is 1.76 bits per heavy atom. The highest BCUT2D eigenvalue weighted by Crippen LogP contribution is 2.17. The van der Waals surface area contributed by atoms with E-state index in [1.807, 2.05) is 30.3 Å². The van der Waals surface area contributed by atoms with Crippen molar-refractivity contribution >= 4 is 34.6 Å². The number of carbonyl (C=O) groups is 1. The van der Waals surface area contributed by atoms with Crippen LogP contribution < -0.4 is 16.4 Å². The first-order valence-electron chi connectivity index (χ1n) is 6.66. The second-order valence-corrected chi connectivity index (χ2v) is 4.98. The topological polar surface area (TPSA) is 67.2 Å². The van der Waals surface area contributed by atoms with Gasteiger partial charge in [0.1, 0.15) is 0 Å². The lowest BCUT2D eigenvalue weighted by Crippen LogP contribution is -2.22. The van der Waals surface area contributed by atoms with E-state index in [0.717, 1.165) is 12.1 Å². The number of thiocarbonyl (C=S) groups is 1. The van der Waals surface area contributed by atoms with Gasteiger partial charge < -0.3 is 16.4 Å². The summed E-state index contributed by atoms with van der Waals surface area (Å²) in [5.74, 6) is -0.210. The minimum absolute atomic E-state index is 0.127. The zero-order chi connectivity index (χ0) is 15.2. The molecule has 0 saturated carbocycles. The summed E-state index contributed by atoms with van der Waals surface area (Å²) in [5.41, 5.74) is 8.53. The fraction of sp³-hybridized carbons (Fsp3) is 0.125. The number of aryl methyl sites for hydroxylation is 1. The molecule has 5 heteroatoms. The molecule has 2 aromatic carbocycles. The molecule has 0 bridgehead atoms. The van der Waals surface area contributed by atoms with E-state index < -0.39 is 0 Å². The Morgan fingerprint density at radius 3 is 2.38 bits per heavy atom. The van der Waals surface area contributed by atoms with E-state index in [-0.39, 0.29) is 11.0 Å². The van der Waals surface area contributed by atoms with E-state index >= 15 is 0 Å². The minimum Gasteiger partial charge on any atom is -0.376 e. The van der Waals surface area contributed by atoms with E-state index in [0.29, 0.717) is 11.3 Å². The van der Waals surface area contributed by atoms with Crippen molar-refractivity contribution < 1.29 is 4.79 Å². The Balaban J connectivity index is 2.17. The standard InChI is InChI=1S/C16H17N3OS/c1-2-11-7-9-12(10-8-11)18-15(20)13-5-3-4-6-14(13)19-16(17)21/h3-10H,2H2,1H3,(H,18,20)(H3,17,19,21). The van der Waals surface area contributed by atoms with Crippen molar-refractivity contribution in [2.45, 2.75) is 13.3 Å². The molecule has 0 fully saturated rings. The summed E-state index contributed by atoms with van der Waals surface area (Å²) in [6.07, 6.45) is 0.967. The van der Waals surface area contributed by atoms with Crippen LogP contribution in [-0.4, -0.2) is 11.0 Å². The third kappa shape index (κ3) is 4.03. The van der Waals surface area contributed by atoms with Gasteiger partial charge in [0, 0.05) is 5.69 Å². The molecule has 21 heavy (non-hydrogen) atoms. The molecule has 1 amide bonds. The van der Waals surface area contributed by atoms with Crippen molar-refractivity contribution in [2.24, 2.45) is 5.73 Å². The number of amides is 1. The van der Waals surface area contributed by atoms with Gasteiger partial charge in [0.25, 0.3) is 5.91 Å². The van der Waals surface area contributed by atoms with Gasteiger partial charge in [-0.15, -0.1) is 0 Å². The largest absolute Gasteiger partial charge is 0.376 e. The van der Waals surface area contributed by atoms with Gasteiger partial charge in [0.2, 0.25) is 0 Å². The minimum atomic E-state index is -0.210. The van der Waals surface area contributed by atoms with Gasteiger partial charge in [-0.1, -0.05) is 31.2 Å². The number of nitrogens with one attached hydrogen (secondary N) is 2. The van der Waals surface area contributed by atoms with Crippen LogP contribution in [0.2, 0.25) is 0 Å². The molecule has 108 valence electrons. The number of carbonyl (C=O) groups excluding carboxylic acids is 1. The van der Waals surface area contributed by atoms with Crippen LogP contribution >= 0.6 is 12.2 Å². The second-order valence-electron chi connectivity index (χ2n) is 4.54. The van der Waals surface area contributed by atoms with E-state index in [9.17, 15) is 4.79 Å². The summed E-state index contributed by atoms with van der Waals surface area (Å²) >= 11 is 4.82. The predicted molar refractivity (Wildman–Crippen MR) is 90.6 cm³/mol. The lowest BCUT2D eigenvalue weighted by Gasteiger charge is -2.11. The van der Waals surface area contributed by atoms with E-state index in [2.05, 4.69) is 17.6 Å². The number of rotatable bonds is 4. The van der Waals surface area contributed by atoms with Crippen molar-refractivity contribution in [3.63, 3.8) is 0 Å². The summed E-state index contributed by atoms with van der Waals surface area (Å²) in [7, 11) is 0. The second kappa shape index (κ2) is 6.85. The number of hydrogen-bond donors (Lipinski definition) is 3. The maximum Gasteiger partial charge on any atom is 0.257 e. The highest BCUT2D eigenvalue weighted by molar-refractivity contribution is 7.80. The number of anilines is 2. The fourth-order valence-electron chi connectivity index (χ4n) is 1.95. The molecule has 0 unspecified atom stereocenters. The van der Waals surface area contributed by atoms with E-state index in [1.165, 1.54) is 5.56 Å². The average molecular weight is 299 g/mol. The fourth-order valence-corrected chi connectivity index (χ4v) is 2.06. The molecular weight excluding hydrogens is 282 g/mol. The average Bonchev–Trinajstić information content (AvgIpc) is 2.48. The Morgan fingerprint density at radius 1 is 1.10 bits per heavy atom. The predicted octanol–water partition coefficient (Wildman–Crippen LogP) is 3.16. The maximum absolute atomic E-state index is 12.3. The number of nitrogens with two attached hydrogens (primary N) is 1. The molecule has 0 heterocycles. The van der Waals surface area contributed by atoms with Gasteiger partial charge in [0.15, 0.2) is 5.11 Å². The van der Waals surface area contributed by atoms with Gasteiger partial charge in [-0.2, -0.15) is 0 Å². The molecular formula is C16H17N3OS. The van der Waals surface area contributed by atoms with Crippen molar-refractivity contribution in [3.8, 4) is 0 Å². The molecule has 0 saturated heterocycles. The molecule has 2 rings (SSSR count). The van der Waals surface area contributed by atoms with E-state index in [1.54, 1.807) is 18.2 Å². The Kier molecular flexibility index (Phi) is 4.90. The van der Waals surface area contributed by atoms with Crippen LogP contribution in [-0.2, 0) is 6.42 Å². The first-order valence-corrected chi connectivity index (χ1v) is 7.06. The third-order valence-electron chi connectivity index (χ3n) is 3.05. The normalized spacial score (nSPS) is 9.95. The highest BCUT2D eigenvalue weighted by atomic mass is 32.1. The molecule has 0 aromatic heterocycles. The van der Waals surface area contributed by atoms with Crippen LogP contribution in [0, 0.1) is 0 Å².